The molecular formula is C28H31ClF4N2O6. The number of halogens is 5. The lowest BCUT2D eigenvalue weighted by Gasteiger charge is -2.30. The fourth-order valence-electron chi connectivity index (χ4n) is 3.48. The lowest BCUT2D eigenvalue weighted by atomic mass is 9.96. The molecule has 8 nitrogen and oxygen atoms in total. The number of nitrogens with zero attached hydrogens (tertiary/aromatic N) is 1. The molecule has 0 bridgehead atoms. The minimum Gasteiger partial charge on any atom is -0.494 e. The summed E-state index contributed by atoms with van der Waals surface area (Å²) in [5, 5.41) is 22.0. The summed E-state index contributed by atoms with van der Waals surface area (Å²) in [6.07, 6.45) is -6.04. The summed E-state index contributed by atoms with van der Waals surface area (Å²) in [5.74, 6) is -1.34. The molecule has 41 heavy (non-hydrogen) atoms. The van der Waals surface area contributed by atoms with Crippen molar-refractivity contribution < 1.29 is 46.8 Å². The van der Waals surface area contributed by atoms with Crippen LogP contribution in [-0.4, -0.2) is 60.8 Å². The Morgan fingerprint density at radius 3 is 2.22 bits per heavy atom. The second-order valence-corrected chi connectivity index (χ2v) is 8.85. The molecule has 0 aliphatic heterocycles. The Morgan fingerprint density at radius 1 is 1.02 bits per heavy atom. The van der Waals surface area contributed by atoms with Crippen molar-refractivity contribution in [3.8, 4) is 28.5 Å². The van der Waals surface area contributed by atoms with E-state index in [1.165, 1.54) is 45.4 Å². The summed E-state index contributed by atoms with van der Waals surface area (Å²) in [6.45, 7) is 4.16. The van der Waals surface area contributed by atoms with Gasteiger partial charge in [0.05, 0.1) is 37.6 Å². The van der Waals surface area contributed by atoms with Crippen LogP contribution in [0.15, 0.2) is 48.5 Å². The number of aromatic nitrogens is 1. The van der Waals surface area contributed by atoms with Crippen LogP contribution in [0.4, 0.5) is 17.6 Å². The van der Waals surface area contributed by atoms with E-state index in [0.717, 1.165) is 24.3 Å². The van der Waals surface area contributed by atoms with Gasteiger partial charge in [0.15, 0.2) is 11.5 Å². The Balaban J connectivity index is 0.00000287. The van der Waals surface area contributed by atoms with E-state index in [4.69, 9.17) is 25.8 Å². The van der Waals surface area contributed by atoms with Crippen molar-refractivity contribution in [2.75, 3.05) is 27.4 Å². The molecule has 0 fully saturated rings. The highest BCUT2D eigenvalue weighted by Crippen LogP contribution is 2.40. The Hall–Kier alpha value is -3.61. The minimum absolute atomic E-state index is 0.0416. The maximum Gasteiger partial charge on any atom is 0.424 e. The number of ether oxygens (including phenoxy) is 3. The van der Waals surface area contributed by atoms with Crippen molar-refractivity contribution in [3.63, 3.8) is 0 Å². The summed E-state index contributed by atoms with van der Waals surface area (Å²) in [7, 11) is 2.56. The summed E-state index contributed by atoms with van der Waals surface area (Å²) >= 11 is 5.82. The second-order valence-electron chi connectivity index (χ2n) is 8.44. The normalized spacial score (nSPS) is 13.3. The number of aliphatic hydroxyl groups excluding tert-OH is 1. The fourth-order valence-corrected chi connectivity index (χ4v) is 3.66. The molecule has 3 rings (SSSR count). The van der Waals surface area contributed by atoms with Crippen LogP contribution in [-0.2, 0) is 5.60 Å². The molecule has 2 atom stereocenters. The van der Waals surface area contributed by atoms with Crippen molar-refractivity contribution in [3.05, 3.63) is 70.6 Å². The standard InChI is InChI=1S/C26H25ClF4N2O6.C2H6/c1-14(34)12-39-19-7-5-16(11-21(19)38-3)24(35)32-13-25(36,26(29,30)31)22-9-8-20(37-2)23(33-22)15-4-6-18(28)17(27)10-15;1-2/h4-11,14,34,36H,12-13H2,1-3H3,(H,32,35);1-2H3/t14-,25?;/m1./s1. The predicted octanol–water partition coefficient (Wildman–Crippen LogP) is 5.52. The van der Waals surface area contributed by atoms with Gasteiger partial charge >= 0.3 is 6.18 Å². The number of benzene rings is 2. The monoisotopic (exact) mass is 602 g/mol. The van der Waals surface area contributed by atoms with Crippen LogP contribution in [0.3, 0.4) is 0 Å². The van der Waals surface area contributed by atoms with E-state index >= 15 is 0 Å². The summed E-state index contributed by atoms with van der Waals surface area (Å²) in [5.41, 5.74) is -4.53. The van der Waals surface area contributed by atoms with Crippen LogP contribution in [0, 0.1) is 5.82 Å². The van der Waals surface area contributed by atoms with E-state index in [-0.39, 0.29) is 45.7 Å². The highest BCUT2D eigenvalue weighted by atomic mass is 35.5. The van der Waals surface area contributed by atoms with Gasteiger partial charge in [0.25, 0.3) is 5.91 Å². The third kappa shape index (κ3) is 7.99. The number of nitrogens with one attached hydrogen (secondary N) is 1. The smallest absolute Gasteiger partial charge is 0.424 e. The SMILES string of the molecule is CC.COc1cc(C(=O)NCC(O)(c2ccc(OC)c(-c3ccc(F)c(Cl)c3)n2)C(F)(F)F)ccc1OC[C@@H](C)O. The van der Waals surface area contributed by atoms with Crippen molar-refractivity contribution in [2.45, 2.75) is 38.7 Å². The van der Waals surface area contributed by atoms with Gasteiger partial charge in [0.1, 0.15) is 23.9 Å². The summed E-state index contributed by atoms with van der Waals surface area (Å²) < 4.78 is 71.9. The molecule has 3 N–H and O–H groups in total. The zero-order valence-corrected chi connectivity index (χ0v) is 23.7. The third-order valence-corrected chi connectivity index (χ3v) is 5.86. The molecule has 224 valence electrons. The molecule has 0 aliphatic carbocycles. The molecule has 1 aromatic heterocycles. The van der Waals surface area contributed by atoms with Crippen molar-refractivity contribution in [1.82, 2.24) is 10.3 Å². The van der Waals surface area contributed by atoms with E-state index in [1.54, 1.807) is 0 Å². The van der Waals surface area contributed by atoms with Gasteiger partial charge in [-0.1, -0.05) is 25.4 Å². The first kappa shape index (κ1) is 33.6. The number of alkyl halides is 3. The number of pyridine rings is 1. The van der Waals surface area contributed by atoms with Crippen LogP contribution in [0.1, 0.15) is 36.8 Å². The van der Waals surface area contributed by atoms with Crippen molar-refractivity contribution in [2.24, 2.45) is 0 Å². The van der Waals surface area contributed by atoms with E-state index in [2.05, 4.69) is 10.3 Å². The Morgan fingerprint density at radius 2 is 1.66 bits per heavy atom. The van der Waals surface area contributed by atoms with Gasteiger partial charge in [-0.2, -0.15) is 13.2 Å². The Labute approximate surface area is 239 Å². The second kappa shape index (κ2) is 14.3. The Bertz CT molecular complexity index is 1340. The number of hydrogen-bond donors (Lipinski definition) is 3. The molecule has 1 unspecified atom stereocenters. The molecule has 1 heterocycles. The Kier molecular flexibility index (Phi) is 11.7. The van der Waals surface area contributed by atoms with Crippen LogP contribution in [0.5, 0.6) is 17.2 Å². The average molecular weight is 603 g/mol. The van der Waals surface area contributed by atoms with Gasteiger partial charge in [-0.25, -0.2) is 9.37 Å². The topological polar surface area (TPSA) is 110 Å². The van der Waals surface area contributed by atoms with E-state index in [1.807, 2.05) is 13.8 Å². The number of carbonyl (C=O) groups is 1. The lowest BCUT2D eigenvalue weighted by molar-refractivity contribution is -0.265. The molecule has 2 aromatic carbocycles. The van der Waals surface area contributed by atoms with Gasteiger partial charge in [0.2, 0.25) is 5.60 Å². The number of hydrogen-bond acceptors (Lipinski definition) is 7. The first-order valence-electron chi connectivity index (χ1n) is 12.4. The van der Waals surface area contributed by atoms with Gasteiger partial charge in [-0.3, -0.25) is 4.79 Å². The summed E-state index contributed by atoms with van der Waals surface area (Å²) in [4.78, 5) is 16.7. The molecule has 0 aliphatic rings. The fraction of sp³-hybridized carbons (Fsp3) is 0.357. The third-order valence-electron chi connectivity index (χ3n) is 5.57. The number of methoxy groups -OCH3 is 2. The number of aliphatic hydroxyl groups is 2. The van der Waals surface area contributed by atoms with Crippen LogP contribution in [0.2, 0.25) is 5.02 Å². The van der Waals surface area contributed by atoms with Gasteiger partial charge in [-0.15, -0.1) is 0 Å². The van der Waals surface area contributed by atoms with Gasteiger partial charge < -0.3 is 29.7 Å². The molecule has 0 radical (unpaired) electrons. The van der Waals surface area contributed by atoms with Crippen molar-refractivity contribution in [1.29, 1.82) is 0 Å². The van der Waals surface area contributed by atoms with E-state index < -0.39 is 41.8 Å². The zero-order chi connectivity index (χ0) is 31.0. The first-order chi connectivity index (χ1) is 19.3. The highest BCUT2D eigenvalue weighted by Gasteiger charge is 2.56. The summed E-state index contributed by atoms with van der Waals surface area (Å²) in [6, 6.07) is 9.35. The van der Waals surface area contributed by atoms with Crippen LogP contribution < -0.4 is 19.5 Å². The zero-order valence-electron chi connectivity index (χ0n) is 23.0. The molecular weight excluding hydrogens is 572 g/mol. The van der Waals surface area contributed by atoms with E-state index in [0.29, 0.717) is 0 Å². The minimum atomic E-state index is -5.27. The van der Waals surface area contributed by atoms with Crippen LogP contribution >= 0.6 is 11.6 Å². The quantitative estimate of drug-likeness (QED) is 0.262. The molecule has 0 spiro atoms. The lowest BCUT2D eigenvalue weighted by Crippen LogP contribution is -2.51. The van der Waals surface area contributed by atoms with Crippen LogP contribution in [0.25, 0.3) is 11.3 Å². The van der Waals surface area contributed by atoms with E-state index in [9.17, 15) is 32.6 Å². The molecule has 13 heteroatoms. The number of carbonyl (C=O) groups excluding carboxylic acids is 1. The highest BCUT2D eigenvalue weighted by molar-refractivity contribution is 6.31. The maximum absolute atomic E-state index is 14.2. The number of amides is 1. The molecule has 1 amide bonds. The van der Waals surface area contributed by atoms with Gasteiger partial charge in [0, 0.05) is 11.1 Å². The number of rotatable bonds is 10. The maximum atomic E-state index is 14.2. The molecule has 0 saturated carbocycles. The van der Waals surface area contributed by atoms with Crippen molar-refractivity contribution >= 4 is 17.5 Å². The molecule has 3 aromatic rings. The van der Waals surface area contributed by atoms with Gasteiger partial charge in [-0.05, 0) is 55.5 Å². The molecule has 0 saturated heterocycles. The first-order valence-corrected chi connectivity index (χ1v) is 12.8. The largest absolute Gasteiger partial charge is 0.494 e. The predicted molar refractivity (Wildman–Crippen MR) is 145 cm³/mol. The average Bonchev–Trinajstić information content (AvgIpc) is 2.95.